The molecule has 20 heavy (non-hydrogen) atoms. The summed E-state index contributed by atoms with van der Waals surface area (Å²) >= 11 is 1.72. The summed E-state index contributed by atoms with van der Waals surface area (Å²) in [7, 11) is 0. The van der Waals surface area contributed by atoms with Gasteiger partial charge in [0, 0.05) is 22.0 Å². The van der Waals surface area contributed by atoms with Crippen molar-refractivity contribution in [2.75, 3.05) is 0 Å². The quantitative estimate of drug-likeness (QED) is 0.899. The van der Waals surface area contributed by atoms with Crippen molar-refractivity contribution in [1.82, 2.24) is 4.98 Å². The largest absolute Gasteiger partial charge is 0.323 e. The van der Waals surface area contributed by atoms with Gasteiger partial charge in [-0.3, -0.25) is 4.98 Å². The minimum Gasteiger partial charge on any atom is -0.323 e. The first kappa shape index (κ1) is 15.1. The van der Waals surface area contributed by atoms with Crippen LogP contribution in [0.5, 0.6) is 0 Å². The molecular weight excluding hydrogens is 264 g/mol. The molecule has 2 N–H and O–H groups in total. The molecule has 0 spiro atoms. The molecule has 1 heterocycles. The Bertz CT molecular complexity index is 551. The molecule has 0 saturated heterocycles. The van der Waals surface area contributed by atoms with Crippen LogP contribution in [-0.4, -0.2) is 4.98 Å². The summed E-state index contributed by atoms with van der Waals surface area (Å²) in [5.74, 6) is 0. The Balaban J connectivity index is 2.10. The Kier molecular flexibility index (Phi) is 4.51. The van der Waals surface area contributed by atoms with E-state index in [1.54, 1.807) is 11.8 Å². The molecule has 2 rings (SSSR count). The predicted octanol–water partition coefficient (Wildman–Crippen LogP) is 4.55. The molecule has 3 heteroatoms. The van der Waals surface area contributed by atoms with E-state index in [0.29, 0.717) is 0 Å². The first-order valence-corrected chi connectivity index (χ1v) is 7.68. The lowest BCUT2D eigenvalue weighted by Crippen LogP contribution is -2.10. The minimum absolute atomic E-state index is 0.0138. The zero-order valence-electron chi connectivity index (χ0n) is 12.6. The smallest absolute Gasteiger partial charge is 0.0569 e. The van der Waals surface area contributed by atoms with Gasteiger partial charge in [0.05, 0.1) is 5.69 Å². The van der Waals surface area contributed by atoms with Gasteiger partial charge < -0.3 is 5.73 Å². The van der Waals surface area contributed by atoms with Gasteiger partial charge in [-0.2, -0.15) is 0 Å². The van der Waals surface area contributed by atoms with E-state index in [9.17, 15) is 0 Å². The number of benzene rings is 1. The number of nitrogens with zero attached hydrogens (tertiary/aromatic N) is 1. The first-order valence-electron chi connectivity index (χ1n) is 6.86. The second kappa shape index (κ2) is 5.98. The zero-order chi connectivity index (χ0) is 14.8. The van der Waals surface area contributed by atoms with Crippen molar-refractivity contribution in [2.24, 2.45) is 5.73 Å². The number of nitrogens with two attached hydrogens (primary N) is 1. The van der Waals surface area contributed by atoms with E-state index < -0.39 is 0 Å². The zero-order valence-corrected chi connectivity index (χ0v) is 13.4. The minimum atomic E-state index is -0.0138. The van der Waals surface area contributed by atoms with Gasteiger partial charge in [-0.05, 0) is 42.2 Å². The van der Waals surface area contributed by atoms with Crippen LogP contribution in [0.4, 0.5) is 0 Å². The number of aromatic nitrogens is 1. The Morgan fingerprint density at radius 2 is 1.60 bits per heavy atom. The van der Waals surface area contributed by atoms with E-state index in [2.05, 4.69) is 56.1 Å². The summed E-state index contributed by atoms with van der Waals surface area (Å²) in [6, 6.07) is 12.8. The fourth-order valence-electron chi connectivity index (χ4n) is 1.88. The van der Waals surface area contributed by atoms with E-state index in [-0.39, 0.29) is 11.5 Å². The molecule has 0 bridgehead atoms. The van der Waals surface area contributed by atoms with Crippen LogP contribution in [-0.2, 0) is 5.41 Å². The fourth-order valence-corrected chi connectivity index (χ4v) is 2.67. The third kappa shape index (κ3) is 3.84. The van der Waals surface area contributed by atoms with Gasteiger partial charge in [0.25, 0.3) is 0 Å². The van der Waals surface area contributed by atoms with E-state index >= 15 is 0 Å². The molecule has 1 atom stereocenters. The first-order chi connectivity index (χ1) is 9.36. The second-order valence-electron chi connectivity index (χ2n) is 6.08. The van der Waals surface area contributed by atoms with Gasteiger partial charge in [-0.25, -0.2) is 0 Å². The molecule has 0 fully saturated rings. The Labute approximate surface area is 125 Å². The third-order valence-electron chi connectivity index (χ3n) is 3.18. The van der Waals surface area contributed by atoms with E-state index in [0.717, 1.165) is 10.6 Å². The molecule has 0 saturated carbocycles. The van der Waals surface area contributed by atoms with Gasteiger partial charge in [0.15, 0.2) is 0 Å². The van der Waals surface area contributed by atoms with E-state index in [1.807, 2.05) is 19.2 Å². The molecular formula is C17H22N2S. The summed E-state index contributed by atoms with van der Waals surface area (Å²) in [5, 5.41) is 0. The van der Waals surface area contributed by atoms with Crippen molar-refractivity contribution >= 4 is 11.8 Å². The maximum Gasteiger partial charge on any atom is 0.0569 e. The van der Waals surface area contributed by atoms with Crippen LogP contribution < -0.4 is 5.73 Å². The van der Waals surface area contributed by atoms with Gasteiger partial charge in [-0.15, -0.1) is 0 Å². The molecule has 106 valence electrons. The third-order valence-corrected chi connectivity index (χ3v) is 4.17. The van der Waals surface area contributed by atoms with Crippen LogP contribution in [0.1, 0.15) is 45.0 Å². The Morgan fingerprint density at radius 3 is 2.05 bits per heavy atom. The molecule has 1 aromatic heterocycles. The Morgan fingerprint density at radius 1 is 1.00 bits per heavy atom. The van der Waals surface area contributed by atoms with Crippen molar-refractivity contribution < 1.29 is 0 Å². The monoisotopic (exact) mass is 286 g/mol. The average Bonchev–Trinajstić information content (AvgIpc) is 2.39. The molecule has 2 aromatic rings. The van der Waals surface area contributed by atoms with E-state index in [4.69, 9.17) is 5.73 Å². The van der Waals surface area contributed by atoms with Gasteiger partial charge in [0.2, 0.25) is 0 Å². The lowest BCUT2D eigenvalue weighted by molar-refractivity contribution is 0.590. The van der Waals surface area contributed by atoms with Gasteiger partial charge in [-0.1, -0.05) is 44.7 Å². The molecule has 0 unspecified atom stereocenters. The SMILES string of the molecule is C[C@H](N)c1ccc(Sc2ccc(C(C)(C)C)cc2)cn1. The second-order valence-corrected chi connectivity index (χ2v) is 7.23. The van der Waals surface area contributed by atoms with Crippen LogP contribution >= 0.6 is 11.8 Å². The molecule has 0 aliphatic carbocycles. The summed E-state index contributed by atoms with van der Waals surface area (Å²) in [5.41, 5.74) is 8.28. The molecule has 0 aliphatic heterocycles. The molecule has 1 aromatic carbocycles. The summed E-state index contributed by atoms with van der Waals surface area (Å²) in [6.45, 7) is 8.63. The summed E-state index contributed by atoms with van der Waals surface area (Å²) in [6.07, 6.45) is 1.89. The van der Waals surface area contributed by atoms with Crippen molar-refractivity contribution in [2.45, 2.75) is 48.9 Å². The number of hydrogen-bond acceptors (Lipinski definition) is 3. The molecule has 0 aliphatic rings. The average molecular weight is 286 g/mol. The molecule has 0 amide bonds. The van der Waals surface area contributed by atoms with E-state index in [1.165, 1.54) is 10.5 Å². The van der Waals surface area contributed by atoms with Crippen LogP contribution in [0.3, 0.4) is 0 Å². The maximum atomic E-state index is 5.80. The van der Waals surface area contributed by atoms with Gasteiger partial charge >= 0.3 is 0 Å². The molecule has 2 nitrogen and oxygen atoms in total. The highest BCUT2D eigenvalue weighted by atomic mass is 32.2. The van der Waals surface area contributed by atoms with Crippen molar-refractivity contribution in [3.05, 3.63) is 53.9 Å². The maximum absolute atomic E-state index is 5.80. The fraction of sp³-hybridized carbons (Fsp3) is 0.353. The Hall–Kier alpha value is -1.32. The highest BCUT2D eigenvalue weighted by Gasteiger charge is 2.13. The number of pyridine rings is 1. The topological polar surface area (TPSA) is 38.9 Å². The standard InChI is InChI=1S/C17H22N2S/c1-12(18)16-10-9-15(11-19-16)20-14-7-5-13(6-8-14)17(2,3)4/h5-12H,18H2,1-4H3/t12-/m0/s1. The van der Waals surface area contributed by atoms with Crippen molar-refractivity contribution in [3.8, 4) is 0 Å². The van der Waals surface area contributed by atoms with Crippen molar-refractivity contribution in [1.29, 1.82) is 0 Å². The van der Waals surface area contributed by atoms with Crippen LogP contribution in [0, 0.1) is 0 Å². The lowest BCUT2D eigenvalue weighted by Gasteiger charge is -2.19. The number of rotatable bonds is 3. The van der Waals surface area contributed by atoms with Crippen LogP contribution in [0.15, 0.2) is 52.4 Å². The van der Waals surface area contributed by atoms with Crippen LogP contribution in [0.25, 0.3) is 0 Å². The summed E-state index contributed by atoms with van der Waals surface area (Å²) in [4.78, 5) is 6.75. The summed E-state index contributed by atoms with van der Waals surface area (Å²) < 4.78 is 0. The van der Waals surface area contributed by atoms with Gasteiger partial charge in [0.1, 0.15) is 0 Å². The normalized spacial score (nSPS) is 13.2. The number of hydrogen-bond donors (Lipinski definition) is 1. The van der Waals surface area contributed by atoms with Crippen molar-refractivity contribution in [3.63, 3.8) is 0 Å². The predicted molar refractivity (Wildman–Crippen MR) is 86.1 cm³/mol. The highest BCUT2D eigenvalue weighted by Crippen LogP contribution is 2.30. The highest BCUT2D eigenvalue weighted by molar-refractivity contribution is 7.99. The molecule has 0 radical (unpaired) electrons. The van der Waals surface area contributed by atoms with Crippen LogP contribution in [0.2, 0.25) is 0 Å². The lowest BCUT2D eigenvalue weighted by atomic mass is 9.87.